The van der Waals surface area contributed by atoms with E-state index in [1.165, 1.54) is 52.0 Å². The van der Waals surface area contributed by atoms with Crippen molar-refractivity contribution in [1.29, 1.82) is 0 Å². The molecule has 70 valence electrons. The van der Waals surface area contributed by atoms with Gasteiger partial charge in [0.05, 0.1) is 0 Å². The van der Waals surface area contributed by atoms with Crippen molar-refractivity contribution < 1.29 is 0 Å². The number of hydrogen-bond donors (Lipinski definition) is 0. The molecule has 0 aliphatic carbocycles. The van der Waals surface area contributed by atoms with Crippen LogP contribution in [0.1, 0.15) is 26.2 Å². The van der Waals surface area contributed by atoms with Gasteiger partial charge < -0.3 is 4.90 Å². The topological polar surface area (TPSA) is 6.48 Å². The first kappa shape index (κ1) is 8.52. The van der Waals surface area contributed by atoms with E-state index >= 15 is 0 Å². The highest BCUT2D eigenvalue weighted by molar-refractivity contribution is 4.84. The summed E-state index contributed by atoms with van der Waals surface area (Å²) in [5, 5.41) is 0. The van der Waals surface area contributed by atoms with Crippen LogP contribution in [0.25, 0.3) is 0 Å². The highest BCUT2D eigenvalue weighted by Gasteiger charge is 2.27. The van der Waals surface area contributed by atoms with Crippen LogP contribution in [0.2, 0.25) is 0 Å². The molecule has 2 heteroatoms. The molecule has 0 aromatic carbocycles. The van der Waals surface area contributed by atoms with Crippen molar-refractivity contribution in [1.82, 2.24) is 9.80 Å². The van der Waals surface area contributed by atoms with Crippen molar-refractivity contribution in [2.75, 3.05) is 32.7 Å². The first-order chi connectivity index (χ1) is 5.90. The largest absolute Gasteiger partial charge is 0.302 e. The molecule has 0 saturated carbocycles. The molecule has 0 radical (unpaired) electrons. The predicted molar refractivity (Wildman–Crippen MR) is 51.3 cm³/mol. The zero-order valence-corrected chi connectivity index (χ0v) is 8.13. The molecular weight excluding hydrogens is 148 g/mol. The standard InChI is InChI=1S/C10H20N2/c1-2-11-8-5-10(9-11)12-6-3-4-7-12/h10H,2-9H2,1H3. The van der Waals surface area contributed by atoms with E-state index < -0.39 is 0 Å². The maximum absolute atomic E-state index is 2.69. The van der Waals surface area contributed by atoms with Crippen LogP contribution in [-0.4, -0.2) is 48.6 Å². The van der Waals surface area contributed by atoms with Gasteiger partial charge in [0.25, 0.3) is 0 Å². The molecule has 2 nitrogen and oxygen atoms in total. The molecule has 12 heavy (non-hydrogen) atoms. The minimum Gasteiger partial charge on any atom is -0.302 e. The van der Waals surface area contributed by atoms with Crippen molar-refractivity contribution in [2.45, 2.75) is 32.2 Å². The summed E-state index contributed by atoms with van der Waals surface area (Å²) in [5.41, 5.74) is 0. The molecule has 2 rings (SSSR count). The number of rotatable bonds is 2. The highest BCUT2D eigenvalue weighted by atomic mass is 15.3. The maximum Gasteiger partial charge on any atom is 0.0235 e. The Balaban J connectivity index is 1.81. The number of likely N-dealkylation sites (tertiary alicyclic amines) is 2. The zero-order valence-electron chi connectivity index (χ0n) is 8.13. The monoisotopic (exact) mass is 168 g/mol. The van der Waals surface area contributed by atoms with Gasteiger partial charge in [0.1, 0.15) is 0 Å². The smallest absolute Gasteiger partial charge is 0.0235 e. The Morgan fingerprint density at radius 3 is 2.50 bits per heavy atom. The van der Waals surface area contributed by atoms with E-state index in [1.807, 2.05) is 0 Å². The first-order valence-corrected chi connectivity index (χ1v) is 5.36. The van der Waals surface area contributed by atoms with Crippen LogP contribution in [0.15, 0.2) is 0 Å². The molecule has 2 aliphatic rings. The number of hydrogen-bond acceptors (Lipinski definition) is 2. The summed E-state index contributed by atoms with van der Waals surface area (Å²) >= 11 is 0. The quantitative estimate of drug-likeness (QED) is 0.611. The van der Waals surface area contributed by atoms with Crippen LogP contribution in [-0.2, 0) is 0 Å². The summed E-state index contributed by atoms with van der Waals surface area (Å²) in [4.78, 5) is 5.26. The van der Waals surface area contributed by atoms with E-state index in [0.717, 1.165) is 6.04 Å². The molecule has 2 aliphatic heterocycles. The van der Waals surface area contributed by atoms with Crippen molar-refractivity contribution in [2.24, 2.45) is 0 Å². The van der Waals surface area contributed by atoms with Crippen molar-refractivity contribution in [3.8, 4) is 0 Å². The SMILES string of the molecule is CCN1CCC(N2CCCC2)C1. The van der Waals surface area contributed by atoms with E-state index in [-0.39, 0.29) is 0 Å². The second kappa shape index (κ2) is 3.75. The summed E-state index contributed by atoms with van der Waals surface area (Å²) in [6.45, 7) is 8.90. The molecule has 2 saturated heterocycles. The molecule has 0 spiro atoms. The lowest BCUT2D eigenvalue weighted by molar-refractivity contribution is 0.235. The summed E-state index contributed by atoms with van der Waals surface area (Å²) in [7, 11) is 0. The normalized spacial score (nSPS) is 33.2. The van der Waals surface area contributed by atoms with E-state index in [2.05, 4.69) is 16.7 Å². The molecule has 0 bridgehead atoms. The summed E-state index contributed by atoms with van der Waals surface area (Å²) in [5.74, 6) is 0. The Bertz CT molecular complexity index is 141. The fourth-order valence-electron chi connectivity index (χ4n) is 2.50. The molecule has 0 aromatic heterocycles. The minimum atomic E-state index is 0.896. The fourth-order valence-corrected chi connectivity index (χ4v) is 2.50. The number of likely N-dealkylation sites (N-methyl/N-ethyl adjacent to an activating group) is 1. The maximum atomic E-state index is 2.69. The molecule has 2 heterocycles. The van der Waals surface area contributed by atoms with Gasteiger partial charge in [-0.2, -0.15) is 0 Å². The molecule has 2 fully saturated rings. The van der Waals surface area contributed by atoms with Gasteiger partial charge in [-0.3, -0.25) is 4.90 Å². The Hall–Kier alpha value is -0.0800. The van der Waals surface area contributed by atoms with Crippen LogP contribution < -0.4 is 0 Å². The van der Waals surface area contributed by atoms with Crippen molar-refractivity contribution in [3.05, 3.63) is 0 Å². The third kappa shape index (κ3) is 1.64. The zero-order chi connectivity index (χ0) is 8.39. The van der Waals surface area contributed by atoms with E-state index in [1.54, 1.807) is 0 Å². The lowest BCUT2D eigenvalue weighted by atomic mass is 10.2. The Morgan fingerprint density at radius 2 is 1.92 bits per heavy atom. The predicted octanol–water partition coefficient (Wildman–Crippen LogP) is 1.18. The third-order valence-electron chi connectivity index (χ3n) is 3.35. The van der Waals surface area contributed by atoms with Crippen LogP contribution in [0, 0.1) is 0 Å². The van der Waals surface area contributed by atoms with Gasteiger partial charge in [-0.1, -0.05) is 6.92 Å². The van der Waals surface area contributed by atoms with Crippen LogP contribution in [0.3, 0.4) is 0 Å². The highest BCUT2D eigenvalue weighted by Crippen LogP contribution is 2.19. The molecule has 1 unspecified atom stereocenters. The van der Waals surface area contributed by atoms with Gasteiger partial charge in [-0.05, 0) is 45.4 Å². The second-order valence-corrected chi connectivity index (χ2v) is 4.08. The van der Waals surface area contributed by atoms with E-state index in [4.69, 9.17) is 0 Å². The van der Waals surface area contributed by atoms with E-state index in [9.17, 15) is 0 Å². The van der Waals surface area contributed by atoms with Crippen LogP contribution in [0.5, 0.6) is 0 Å². The average molecular weight is 168 g/mol. The lowest BCUT2D eigenvalue weighted by Gasteiger charge is -2.23. The van der Waals surface area contributed by atoms with Crippen LogP contribution >= 0.6 is 0 Å². The Labute approximate surface area is 75.5 Å². The van der Waals surface area contributed by atoms with Gasteiger partial charge in [0.15, 0.2) is 0 Å². The van der Waals surface area contributed by atoms with Crippen molar-refractivity contribution >= 4 is 0 Å². The summed E-state index contributed by atoms with van der Waals surface area (Å²) in [6.07, 6.45) is 4.28. The van der Waals surface area contributed by atoms with Gasteiger partial charge in [0, 0.05) is 12.6 Å². The molecule has 0 amide bonds. The molecule has 1 atom stereocenters. The molecular formula is C10H20N2. The first-order valence-electron chi connectivity index (χ1n) is 5.36. The fraction of sp³-hybridized carbons (Fsp3) is 1.00. The lowest BCUT2D eigenvalue weighted by Crippen LogP contribution is -2.35. The minimum absolute atomic E-state index is 0.896. The van der Waals surface area contributed by atoms with Gasteiger partial charge in [-0.25, -0.2) is 0 Å². The van der Waals surface area contributed by atoms with Gasteiger partial charge >= 0.3 is 0 Å². The van der Waals surface area contributed by atoms with Crippen molar-refractivity contribution in [3.63, 3.8) is 0 Å². The van der Waals surface area contributed by atoms with Crippen LogP contribution in [0.4, 0.5) is 0 Å². The molecule has 0 aromatic rings. The van der Waals surface area contributed by atoms with Gasteiger partial charge in [-0.15, -0.1) is 0 Å². The number of nitrogens with zero attached hydrogens (tertiary/aromatic N) is 2. The summed E-state index contributed by atoms with van der Waals surface area (Å²) in [6, 6.07) is 0.896. The Morgan fingerprint density at radius 1 is 1.17 bits per heavy atom. The van der Waals surface area contributed by atoms with Gasteiger partial charge in [0.2, 0.25) is 0 Å². The summed E-state index contributed by atoms with van der Waals surface area (Å²) < 4.78 is 0. The molecule has 0 N–H and O–H groups in total. The van der Waals surface area contributed by atoms with E-state index in [0.29, 0.717) is 0 Å². The second-order valence-electron chi connectivity index (χ2n) is 4.08. The Kier molecular flexibility index (Phi) is 2.66. The average Bonchev–Trinajstić information content (AvgIpc) is 2.75. The third-order valence-corrected chi connectivity index (χ3v) is 3.35.